The van der Waals surface area contributed by atoms with Gasteiger partial charge in [-0.05, 0) is 0 Å². The molecule has 0 spiro atoms. The number of nitrogens with one attached hydrogen (secondary N) is 1. The molecule has 0 aliphatic rings. The summed E-state index contributed by atoms with van der Waals surface area (Å²) >= 11 is -3.45. The van der Waals surface area contributed by atoms with E-state index in [2.05, 4.69) is 3.88 Å². The standard InChI is InChI=1S/C12H18N2O2.ClH.2H2N.Pt/c1-3-14(4-2)9-16-12(15)10-7-5-6-8-11(10)13;;;;/h5-8H,3-4,9H2,1-2H3,(H2,13,15);1H;2*1H2;/q;;2*-1;+4/p-2. The Morgan fingerprint density at radius 1 is 1.35 bits per heavy atom. The average molecular weight is 484 g/mol. The molecular weight excluding hydrogens is 463 g/mol. The number of hydrogen-bond acceptors (Lipinski definition) is 6. The van der Waals surface area contributed by atoms with Crippen LogP contribution in [0.2, 0.25) is 0 Å². The van der Waals surface area contributed by atoms with Gasteiger partial charge in [-0.2, -0.15) is 0 Å². The van der Waals surface area contributed by atoms with Crippen molar-refractivity contribution in [3.8, 4) is 0 Å². The van der Waals surface area contributed by atoms with E-state index in [1.54, 1.807) is 24.3 Å². The first kappa shape index (κ1) is 17.4. The van der Waals surface area contributed by atoms with E-state index in [0.717, 1.165) is 13.1 Å². The molecule has 0 aromatic heterocycles. The Morgan fingerprint density at radius 2 is 1.95 bits per heavy atom. The van der Waals surface area contributed by atoms with Crippen molar-refractivity contribution in [2.24, 2.45) is 8.58 Å². The van der Waals surface area contributed by atoms with Crippen molar-refractivity contribution in [3.05, 3.63) is 29.8 Å². The third-order valence-corrected chi connectivity index (χ3v) is 4.60. The Kier molecular flexibility index (Phi) is 6.92. The van der Waals surface area contributed by atoms with Crippen LogP contribution in [0.15, 0.2) is 24.3 Å². The molecule has 0 saturated heterocycles. The molecule has 0 amide bonds. The molecule has 5 N–H and O–H groups in total. The SMILES string of the molecule is CCN(CC)COC(=O)c1ccccc1[NH][Pt]([NH2])([NH2])[Cl]. The van der Waals surface area contributed by atoms with Crippen LogP contribution in [0.25, 0.3) is 0 Å². The molecular formula is C12H21ClN4O2Pt. The molecule has 0 aliphatic heterocycles. The van der Waals surface area contributed by atoms with E-state index < -0.39 is 21.7 Å². The summed E-state index contributed by atoms with van der Waals surface area (Å²) in [4.78, 5) is 14.1. The number of carbonyl (C=O) groups excluding carboxylic acids is 1. The van der Waals surface area contributed by atoms with Gasteiger partial charge in [0.2, 0.25) is 0 Å². The minimum absolute atomic E-state index is 0.248. The fourth-order valence-electron chi connectivity index (χ4n) is 1.49. The maximum absolute atomic E-state index is 12.1. The molecule has 0 aliphatic carbocycles. The van der Waals surface area contributed by atoms with E-state index >= 15 is 0 Å². The van der Waals surface area contributed by atoms with Crippen LogP contribution in [0, 0.1) is 0 Å². The number of hydrogen-bond donors (Lipinski definition) is 3. The van der Waals surface area contributed by atoms with E-state index in [-0.39, 0.29) is 6.73 Å². The van der Waals surface area contributed by atoms with Crippen molar-refractivity contribution in [3.63, 3.8) is 0 Å². The summed E-state index contributed by atoms with van der Waals surface area (Å²) in [6.07, 6.45) is 0. The quantitative estimate of drug-likeness (QED) is 0.402. The number of anilines is 1. The zero-order valence-electron chi connectivity index (χ0n) is 11.5. The number of ether oxygens (including phenoxy) is 1. The van der Waals surface area contributed by atoms with Crippen molar-refractivity contribution < 1.29 is 25.3 Å². The molecule has 0 radical (unpaired) electrons. The number of nitrogens with zero attached hydrogens (tertiary/aromatic N) is 1. The van der Waals surface area contributed by atoms with Crippen molar-refractivity contribution >= 4 is 21.1 Å². The van der Waals surface area contributed by atoms with E-state index in [0.29, 0.717) is 11.3 Å². The van der Waals surface area contributed by atoms with Crippen LogP contribution < -0.4 is 12.5 Å². The predicted molar refractivity (Wildman–Crippen MR) is 77.5 cm³/mol. The molecule has 1 rings (SSSR count). The summed E-state index contributed by atoms with van der Waals surface area (Å²) < 4.78 is 19.4. The second-order valence-corrected chi connectivity index (χ2v) is 11.3. The van der Waals surface area contributed by atoms with E-state index in [4.69, 9.17) is 22.7 Å². The summed E-state index contributed by atoms with van der Waals surface area (Å²) in [7, 11) is 5.88. The van der Waals surface area contributed by atoms with Crippen LogP contribution in [0.3, 0.4) is 0 Å². The molecule has 1 aromatic carbocycles. The monoisotopic (exact) mass is 483 g/mol. The van der Waals surface area contributed by atoms with Gasteiger partial charge in [-0.15, -0.1) is 0 Å². The Bertz CT molecular complexity index is 449. The van der Waals surface area contributed by atoms with E-state index in [1.165, 1.54) is 0 Å². The number of para-hydroxylation sites is 1. The number of rotatable bonds is 7. The van der Waals surface area contributed by atoms with Gasteiger partial charge in [-0.25, -0.2) is 0 Å². The molecule has 0 unspecified atom stereocenters. The molecule has 8 heteroatoms. The van der Waals surface area contributed by atoms with Crippen LogP contribution in [-0.4, -0.2) is 30.7 Å². The molecule has 0 heterocycles. The zero-order chi connectivity index (χ0) is 15.2. The van der Waals surface area contributed by atoms with E-state index in [1.807, 2.05) is 18.7 Å². The summed E-state index contributed by atoms with van der Waals surface area (Å²) in [5.74, 6) is -0.429. The molecule has 0 atom stereocenters. The van der Waals surface area contributed by atoms with Crippen LogP contribution in [-0.2, 0) is 20.5 Å². The summed E-state index contributed by atoms with van der Waals surface area (Å²) in [5, 5.41) is 0. The average Bonchev–Trinajstić information content (AvgIpc) is 2.38. The van der Waals surface area contributed by atoms with Gasteiger partial charge in [-0.3, -0.25) is 0 Å². The van der Waals surface area contributed by atoms with Gasteiger partial charge in [0, 0.05) is 0 Å². The Labute approximate surface area is 127 Å². The van der Waals surface area contributed by atoms with Crippen molar-refractivity contribution in [1.82, 2.24) is 4.90 Å². The van der Waals surface area contributed by atoms with Gasteiger partial charge in [-0.1, -0.05) is 0 Å². The van der Waals surface area contributed by atoms with Crippen molar-refractivity contribution in [2.75, 3.05) is 23.7 Å². The van der Waals surface area contributed by atoms with Gasteiger partial charge in [0.1, 0.15) is 0 Å². The van der Waals surface area contributed by atoms with Gasteiger partial charge < -0.3 is 0 Å². The van der Waals surface area contributed by atoms with Crippen molar-refractivity contribution in [2.45, 2.75) is 13.8 Å². The Hall–Kier alpha value is -0.652. The molecule has 1 aromatic rings. The summed E-state index contributed by atoms with van der Waals surface area (Å²) in [5.41, 5.74) is 0.887. The van der Waals surface area contributed by atoms with Crippen LogP contribution in [0.1, 0.15) is 24.2 Å². The first-order valence-corrected chi connectivity index (χ1v) is 12.6. The predicted octanol–water partition coefficient (Wildman–Crippen LogP) is 1.52. The fraction of sp³-hybridized carbons (Fsp3) is 0.417. The molecule has 0 saturated carbocycles. The number of esters is 1. The molecule has 20 heavy (non-hydrogen) atoms. The topological polar surface area (TPSA) is 93.6 Å². The first-order chi connectivity index (χ1) is 9.37. The molecule has 6 nitrogen and oxygen atoms in total. The normalized spacial score (nSPS) is 12.3. The fourth-order valence-corrected chi connectivity index (χ4v) is 3.45. The zero-order valence-corrected chi connectivity index (χ0v) is 14.6. The minimum atomic E-state index is -3.45. The van der Waals surface area contributed by atoms with Gasteiger partial charge >= 0.3 is 127 Å². The number of halogens is 1. The van der Waals surface area contributed by atoms with Gasteiger partial charge in [0.25, 0.3) is 0 Å². The third kappa shape index (κ3) is 5.77. The molecule has 0 fully saturated rings. The molecule has 0 bridgehead atoms. The number of benzene rings is 1. The Morgan fingerprint density at radius 3 is 2.50 bits per heavy atom. The Balaban J connectivity index is 2.77. The van der Waals surface area contributed by atoms with Crippen LogP contribution >= 0.6 is 9.42 Å². The maximum atomic E-state index is 12.1. The second-order valence-electron chi connectivity index (χ2n) is 3.97. The van der Waals surface area contributed by atoms with Gasteiger partial charge in [0.15, 0.2) is 0 Å². The summed E-state index contributed by atoms with van der Waals surface area (Å²) in [6, 6.07) is 6.87. The van der Waals surface area contributed by atoms with Crippen LogP contribution in [0.5, 0.6) is 0 Å². The van der Waals surface area contributed by atoms with Crippen LogP contribution in [0.4, 0.5) is 5.69 Å². The van der Waals surface area contributed by atoms with Crippen molar-refractivity contribution in [1.29, 1.82) is 0 Å². The number of nitrogens with two attached hydrogens (primary N) is 2. The third-order valence-electron chi connectivity index (χ3n) is 2.63. The molecule has 118 valence electrons. The second kappa shape index (κ2) is 7.95. The van der Waals surface area contributed by atoms with E-state index in [9.17, 15) is 4.79 Å². The summed E-state index contributed by atoms with van der Waals surface area (Å²) in [6.45, 7) is 5.89. The van der Waals surface area contributed by atoms with Gasteiger partial charge in [0.05, 0.1) is 0 Å². The number of carbonyl (C=O) groups is 1. The first-order valence-electron chi connectivity index (χ1n) is 6.03.